The van der Waals surface area contributed by atoms with Gasteiger partial charge in [0.25, 0.3) is 0 Å². The van der Waals surface area contributed by atoms with Crippen LogP contribution in [0.15, 0.2) is 29.4 Å². The number of hydrogen-bond donors (Lipinski definition) is 0. The number of nitrogens with zero attached hydrogens (tertiary/aromatic N) is 1. The summed E-state index contributed by atoms with van der Waals surface area (Å²) >= 11 is 0. The largest absolute Gasteiger partial charge is 0.362 e. The Balaban J connectivity index is 1.94. The molecule has 2 nitrogen and oxygen atoms in total. The van der Waals surface area contributed by atoms with Gasteiger partial charge < -0.3 is 4.74 Å². The van der Waals surface area contributed by atoms with Crippen LogP contribution in [0.25, 0.3) is 0 Å². The second kappa shape index (κ2) is 6.08. The third kappa shape index (κ3) is 2.20. The highest BCUT2D eigenvalue weighted by Gasteiger charge is 2.59. The van der Waals surface area contributed by atoms with Crippen LogP contribution in [0.3, 0.4) is 0 Å². The second-order valence-corrected chi connectivity index (χ2v) is 12.4. The molecule has 4 atom stereocenters. The van der Waals surface area contributed by atoms with Crippen molar-refractivity contribution in [3.63, 3.8) is 0 Å². The molecule has 0 aromatic heterocycles. The molecule has 3 heterocycles. The van der Waals surface area contributed by atoms with Gasteiger partial charge in [-0.1, -0.05) is 76.9 Å². The van der Waals surface area contributed by atoms with Gasteiger partial charge in [-0.15, -0.1) is 0 Å². The fraction of sp³-hybridized carbons (Fsp3) is 0.737. The maximum absolute atomic E-state index is 6.55. The molecule has 0 aliphatic carbocycles. The highest BCUT2D eigenvalue weighted by Crippen LogP contribution is 2.53. The molecule has 1 saturated heterocycles. The number of hydrogen-bond acceptors (Lipinski definition) is 2. The SMILES string of the molecule is CCCCC12C=CC(O1)C1C([Si](CC)(CC)CC)=NC=CC12. The molecule has 3 aliphatic rings. The third-order valence-corrected chi connectivity index (χ3v) is 12.2. The Labute approximate surface area is 136 Å². The summed E-state index contributed by atoms with van der Waals surface area (Å²) in [6.07, 6.45) is 13.1. The molecular formula is C19H31NOSi. The average Bonchev–Trinajstić information content (AvgIpc) is 3.13. The first-order valence-electron chi connectivity index (χ1n) is 9.28. The van der Waals surface area contributed by atoms with Crippen molar-refractivity contribution in [2.75, 3.05) is 0 Å². The highest BCUT2D eigenvalue weighted by molar-refractivity contribution is 7.07. The normalized spacial score (nSPS) is 35.8. The average molecular weight is 318 g/mol. The van der Waals surface area contributed by atoms with E-state index in [1.807, 2.05) is 0 Å². The van der Waals surface area contributed by atoms with Crippen LogP contribution in [0.2, 0.25) is 18.1 Å². The first-order valence-corrected chi connectivity index (χ1v) is 11.9. The van der Waals surface area contributed by atoms with Crippen molar-refractivity contribution in [2.24, 2.45) is 16.8 Å². The maximum Gasteiger partial charge on any atom is 0.105 e. The third-order valence-electron chi connectivity index (χ3n) is 6.55. The quantitative estimate of drug-likeness (QED) is 0.471. The lowest BCUT2D eigenvalue weighted by molar-refractivity contribution is 0.0117. The van der Waals surface area contributed by atoms with E-state index in [-0.39, 0.29) is 11.7 Å². The van der Waals surface area contributed by atoms with Gasteiger partial charge in [-0.25, -0.2) is 0 Å². The molecule has 3 rings (SSSR count). The number of aliphatic imine (C=N–C) groups is 1. The summed E-state index contributed by atoms with van der Waals surface area (Å²) in [5.41, 5.74) is -0.0294. The van der Waals surface area contributed by atoms with Crippen LogP contribution in [-0.4, -0.2) is 25.1 Å². The van der Waals surface area contributed by atoms with Crippen LogP contribution in [-0.2, 0) is 4.74 Å². The Morgan fingerprint density at radius 2 is 1.86 bits per heavy atom. The van der Waals surface area contributed by atoms with Crippen molar-refractivity contribution in [2.45, 2.75) is 76.8 Å². The van der Waals surface area contributed by atoms with Gasteiger partial charge in [-0.05, 0) is 6.42 Å². The lowest BCUT2D eigenvalue weighted by Crippen LogP contribution is -2.51. The first-order chi connectivity index (χ1) is 10.7. The summed E-state index contributed by atoms with van der Waals surface area (Å²) in [5, 5.41) is 1.56. The fourth-order valence-corrected chi connectivity index (χ4v) is 8.92. The Hall–Kier alpha value is -0.673. The van der Waals surface area contributed by atoms with E-state index in [0.717, 1.165) is 6.42 Å². The summed E-state index contributed by atoms with van der Waals surface area (Å²) in [4.78, 5) is 4.97. The zero-order valence-electron chi connectivity index (χ0n) is 14.6. The van der Waals surface area contributed by atoms with Crippen molar-refractivity contribution in [1.29, 1.82) is 0 Å². The molecule has 122 valence electrons. The predicted molar refractivity (Wildman–Crippen MR) is 97.0 cm³/mol. The molecule has 0 aromatic rings. The Bertz CT molecular complexity index is 497. The van der Waals surface area contributed by atoms with Crippen LogP contribution < -0.4 is 0 Å². The van der Waals surface area contributed by atoms with Crippen LogP contribution in [0.4, 0.5) is 0 Å². The van der Waals surface area contributed by atoms with E-state index in [1.54, 1.807) is 5.33 Å². The standard InChI is InChI=1S/C19H31NOSi/c1-5-9-12-19-13-10-16(21-19)17-15(19)11-14-20-18(17)22(6-2,7-3)8-4/h10-11,13-17H,5-9,12H2,1-4H3. The van der Waals surface area contributed by atoms with E-state index in [2.05, 4.69) is 52.1 Å². The molecule has 1 fully saturated rings. The topological polar surface area (TPSA) is 21.6 Å². The van der Waals surface area contributed by atoms with E-state index < -0.39 is 8.07 Å². The number of fused-ring (bicyclic) bond motifs is 5. The van der Waals surface area contributed by atoms with Crippen LogP contribution >= 0.6 is 0 Å². The lowest BCUT2D eigenvalue weighted by Gasteiger charge is -2.40. The molecule has 0 radical (unpaired) electrons. The molecule has 2 bridgehead atoms. The summed E-state index contributed by atoms with van der Waals surface area (Å²) in [6, 6.07) is 3.94. The summed E-state index contributed by atoms with van der Waals surface area (Å²) in [7, 11) is -1.42. The van der Waals surface area contributed by atoms with E-state index in [4.69, 9.17) is 9.73 Å². The second-order valence-electron chi connectivity index (χ2n) is 7.25. The zero-order chi connectivity index (χ0) is 15.8. The Kier molecular flexibility index (Phi) is 4.48. The minimum absolute atomic E-state index is 0.0294. The molecular weight excluding hydrogens is 286 g/mol. The molecule has 0 saturated carbocycles. The lowest BCUT2D eigenvalue weighted by atomic mass is 9.73. The smallest absolute Gasteiger partial charge is 0.105 e. The summed E-state index contributed by atoms with van der Waals surface area (Å²) in [6.45, 7) is 9.41. The monoisotopic (exact) mass is 317 g/mol. The van der Waals surface area contributed by atoms with Crippen molar-refractivity contribution in [1.82, 2.24) is 0 Å². The van der Waals surface area contributed by atoms with Crippen LogP contribution in [0, 0.1) is 11.8 Å². The van der Waals surface area contributed by atoms with Gasteiger partial charge in [0, 0.05) is 23.4 Å². The Morgan fingerprint density at radius 1 is 1.14 bits per heavy atom. The van der Waals surface area contributed by atoms with Crippen molar-refractivity contribution in [3.05, 3.63) is 24.4 Å². The zero-order valence-corrected chi connectivity index (χ0v) is 15.6. The maximum atomic E-state index is 6.55. The van der Waals surface area contributed by atoms with Crippen molar-refractivity contribution in [3.8, 4) is 0 Å². The molecule has 0 N–H and O–H groups in total. The molecule has 0 aromatic carbocycles. The van der Waals surface area contributed by atoms with Gasteiger partial charge in [-0.3, -0.25) is 4.99 Å². The summed E-state index contributed by atoms with van der Waals surface area (Å²) < 4.78 is 6.55. The fourth-order valence-electron chi connectivity index (χ4n) is 4.94. The minimum Gasteiger partial charge on any atom is -0.362 e. The molecule has 0 amide bonds. The van der Waals surface area contributed by atoms with Gasteiger partial charge in [0.2, 0.25) is 0 Å². The Morgan fingerprint density at radius 3 is 2.50 bits per heavy atom. The van der Waals surface area contributed by atoms with Crippen LogP contribution in [0.1, 0.15) is 47.0 Å². The predicted octanol–water partition coefficient (Wildman–Crippen LogP) is 5.13. The minimum atomic E-state index is -1.42. The van der Waals surface area contributed by atoms with Gasteiger partial charge in [0.05, 0.1) is 11.7 Å². The van der Waals surface area contributed by atoms with E-state index in [0.29, 0.717) is 11.8 Å². The molecule has 3 aliphatic heterocycles. The molecule has 22 heavy (non-hydrogen) atoms. The van der Waals surface area contributed by atoms with E-state index >= 15 is 0 Å². The first kappa shape index (κ1) is 16.2. The molecule has 3 heteroatoms. The number of unbranched alkanes of at least 4 members (excludes halogenated alkanes) is 1. The van der Waals surface area contributed by atoms with Crippen molar-refractivity contribution < 1.29 is 4.74 Å². The van der Waals surface area contributed by atoms with Crippen LogP contribution in [0.5, 0.6) is 0 Å². The van der Waals surface area contributed by atoms with E-state index in [9.17, 15) is 0 Å². The summed E-state index contributed by atoms with van der Waals surface area (Å²) in [5.74, 6) is 1.05. The number of ether oxygens (including phenoxy) is 1. The van der Waals surface area contributed by atoms with Gasteiger partial charge >= 0.3 is 0 Å². The van der Waals surface area contributed by atoms with E-state index in [1.165, 1.54) is 31.0 Å². The molecule has 0 spiro atoms. The molecule has 4 unspecified atom stereocenters. The van der Waals surface area contributed by atoms with Crippen molar-refractivity contribution >= 4 is 13.4 Å². The van der Waals surface area contributed by atoms with Gasteiger partial charge in [-0.2, -0.15) is 0 Å². The number of rotatable bonds is 7. The van der Waals surface area contributed by atoms with Gasteiger partial charge in [0.15, 0.2) is 0 Å². The highest BCUT2D eigenvalue weighted by atomic mass is 28.3. The van der Waals surface area contributed by atoms with Gasteiger partial charge in [0.1, 0.15) is 8.07 Å².